The molecule has 0 amide bonds. The highest BCUT2D eigenvalue weighted by Gasteiger charge is 2.35. The van der Waals surface area contributed by atoms with Crippen LogP contribution in [-0.4, -0.2) is 24.7 Å². The van der Waals surface area contributed by atoms with Gasteiger partial charge in [-0.15, -0.1) is 5.10 Å². The number of rotatable bonds is 2. The fraction of sp³-hybridized carbons (Fsp3) is 0.333. The maximum atomic E-state index is 12.7. The van der Waals surface area contributed by atoms with Crippen molar-refractivity contribution in [2.24, 2.45) is 5.84 Å². The van der Waals surface area contributed by atoms with Crippen molar-refractivity contribution in [3.05, 3.63) is 23.5 Å². The van der Waals surface area contributed by atoms with E-state index < -0.39 is 12.0 Å². The van der Waals surface area contributed by atoms with E-state index in [0.29, 0.717) is 11.6 Å². The molecule has 0 radical (unpaired) electrons. The molecule has 102 valence electrons. The first-order chi connectivity index (χ1) is 8.81. The molecule has 3 N–H and O–H groups in total. The first-order valence-corrected chi connectivity index (χ1v) is 5.15. The van der Waals surface area contributed by atoms with E-state index in [9.17, 15) is 13.2 Å². The summed E-state index contributed by atoms with van der Waals surface area (Å²) in [5.41, 5.74) is 2.06. The second-order valence-electron chi connectivity index (χ2n) is 3.70. The molecule has 2 aromatic rings. The molecule has 0 fully saturated rings. The lowest BCUT2D eigenvalue weighted by Crippen LogP contribution is -2.18. The van der Waals surface area contributed by atoms with E-state index in [-0.39, 0.29) is 11.6 Å². The van der Waals surface area contributed by atoms with Gasteiger partial charge in [-0.05, 0) is 13.8 Å². The van der Waals surface area contributed by atoms with Crippen LogP contribution in [0.1, 0.15) is 17.5 Å². The summed E-state index contributed by atoms with van der Waals surface area (Å²) in [6.07, 6.45) is -4.68. The Morgan fingerprint density at radius 3 is 2.37 bits per heavy atom. The third kappa shape index (κ3) is 2.62. The molecule has 0 unspecified atom stereocenters. The summed E-state index contributed by atoms with van der Waals surface area (Å²) in [5.74, 6) is 4.41. The van der Waals surface area contributed by atoms with Crippen LogP contribution in [0.5, 0.6) is 0 Å². The lowest BCUT2D eigenvalue weighted by molar-refractivity contribution is -0.144. The zero-order chi connectivity index (χ0) is 14.2. The van der Waals surface area contributed by atoms with E-state index in [4.69, 9.17) is 5.84 Å². The largest absolute Gasteiger partial charge is 0.451 e. The molecule has 10 heteroatoms. The van der Waals surface area contributed by atoms with Gasteiger partial charge >= 0.3 is 6.18 Å². The summed E-state index contributed by atoms with van der Waals surface area (Å²) in [5, 5.41) is 3.96. The van der Waals surface area contributed by atoms with Crippen molar-refractivity contribution in [2.45, 2.75) is 20.0 Å². The van der Waals surface area contributed by atoms with Crippen molar-refractivity contribution in [1.29, 1.82) is 0 Å². The van der Waals surface area contributed by atoms with Gasteiger partial charge in [-0.3, -0.25) is 0 Å². The number of nitrogen functional groups attached to an aromatic ring is 1. The quantitative estimate of drug-likeness (QED) is 0.625. The molecule has 0 spiro atoms. The Labute approximate surface area is 105 Å². The van der Waals surface area contributed by atoms with E-state index in [1.807, 2.05) is 0 Å². The lowest BCUT2D eigenvalue weighted by Gasteiger charge is -2.10. The highest BCUT2D eigenvalue weighted by atomic mass is 19.4. The smallest absolute Gasteiger partial charge is 0.308 e. The fourth-order valence-electron chi connectivity index (χ4n) is 1.48. The van der Waals surface area contributed by atoms with Crippen LogP contribution in [0.4, 0.5) is 19.0 Å². The van der Waals surface area contributed by atoms with Crippen molar-refractivity contribution in [3.8, 4) is 5.82 Å². The minimum absolute atomic E-state index is 0.0617. The van der Waals surface area contributed by atoms with Crippen molar-refractivity contribution in [2.75, 3.05) is 5.43 Å². The molecule has 0 aliphatic carbocycles. The molecule has 0 saturated heterocycles. The van der Waals surface area contributed by atoms with Crippen LogP contribution in [0.2, 0.25) is 0 Å². The van der Waals surface area contributed by atoms with Crippen LogP contribution in [0.25, 0.3) is 5.82 Å². The molecule has 0 saturated carbocycles. The van der Waals surface area contributed by atoms with Crippen LogP contribution in [0, 0.1) is 13.8 Å². The summed E-state index contributed by atoms with van der Waals surface area (Å²) in [4.78, 5) is 10.7. The van der Waals surface area contributed by atoms with Crippen molar-refractivity contribution >= 4 is 5.82 Å². The normalized spacial score (nSPS) is 11.7. The molecule has 0 atom stereocenters. The molecule has 19 heavy (non-hydrogen) atoms. The predicted molar refractivity (Wildman–Crippen MR) is 59.2 cm³/mol. The molecule has 2 heterocycles. The highest BCUT2D eigenvalue weighted by molar-refractivity contribution is 5.41. The first-order valence-electron chi connectivity index (χ1n) is 5.15. The van der Waals surface area contributed by atoms with E-state index in [1.165, 1.54) is 10.7 Å². The van der Waals surface area contributed by atoms with Crippen LogP contribution in [0.15, 0.2) is 6.07 Å². The number of aryl methyl sites for hydroxylation is 2. The number of halogens is 3. The van der Waals surface area contributed by atoms with Gasteiger partial charge in [-0.1, -0.05) is 0 Å². The van der Waals surface area contributed by atoms with Crippen LogP contribution < -0.4 is 11.3 Å². The maximum Gasteiger partial charge on any atom is 0.451 e. The topological polar surface area (TPSA) is 94.5 Å². The zero-order valence-electron chi connectivity index (χ0n) is 10.0. The van der Waals surface area contributed by atoms with Crippen LogP contribution in [-0.2, 0) is 6.18 Å². The average molecular weight is 273 g/mol. The van der Waals surface area contributed by atoms with Crippen molar-refractivity contribution < 1.29 is 13.2 Å². The van der Waals surface area contributed by atoms with E-state index in [0.717, 1.165) is 0 Å². The Balaban J connectivity index is 2.60. The number of nitrogens with two attached hydrogens (primary N) is 1. The van der Waals surface area contributed by atoms with E-state index in [2.05, 4.69) is 25.5 Å². The summed E-state index contributed by atoms with van der Waals surface area (Å²) in [7, 11) is 0. The molecule has 7 nitrogen and oxygen atoms in total. The summed E-state index contributed by atoms with van der Waals surface area (Å²) >= 11 is 0. The Morgan fingerprint density at radius 1 is 1.21 bits per heavy atom. The minimum atomic E-state index is -4.68. The molecule has 0 aromatic carbocycles. The summed E-state index contributed by atoms with van der Waals surface area (Å²) in [6.45, 7) is 3.22. The van der Waals surface area contributed by atoms with Gasteiger partial charge in [-0.2, -0.15) is 17.9 Å². The molecule has 2 aromatic heterocycles. The predicted octanol–water partition coefficient (Wildman–Crippen LogP) is 0.979. The average Bonchev–Trinajstić information content (AvgIpc) is 2.66. The maximum absolute atomic E-state index is 12.7. The van der Waals surface area contributed by atoms with Crippen molar-refractivity contribution in [1.82, 2.24) is 24.7 Å². The fourth-order valence-corrected chi connectivity index (χ4v) is 1.48. The van der Waals surface area contributed by atoms with Gasteiger partial charge in [0.15, 0.2) is 5.82 Å². The number of nitrogens with one attached hydrogen (secondary N) is 1. The van der Waals surface area contributed by atoms with Gasteiger partial charge in [0, 0.05) is 6.07 Å². The summed E-state index contributed by atoms with van der Waals surface area (Å²) < 4.78 is 39.2. The number of anilines is 1. The van der Waals surface area contributed by atoms with Gasteiger partial charge in [-0.25, -0.2) is 20.8 Å². The van der Waals surface area contributed by atoms with Gasteiger partial charge in [0.1, 0.15) is 17.5 Å². The molecule has 0 bridgehead atoms. The van der Waals surface area contributed by atoms with Gasteiger partial charge in [0.25, 0.3) is 0 Å². The number of hydrogen-bond acceptors (Lipinski definition) is 6. The molecule has 2 rings (SSSR count). The Hall–Kier alpha value is -2.23. The number of aromatic nitrogens is 5. The van der Waals surface area contributed by atoms with Crippen molar-refractivity contribution in [3.63, 3.8) is 0 Å². The molecule has 0 aliphatic rings. The highest BCUT2D eigenvalue weighted by Crippen LogP contribution is 2.27. The minimum Gasteiger partial charge on any atom is -0.308 e. The SMILES string of the molecule is Cc1nc(C)n(-c2cc(NN)nc(C(F)(F)F)n2)n1. The van der Waals surface area contributed by atoms with Gasteiger partial charge in [0.05, 0.1) is 0 Å². The van der Waals surface area contributed by atoms with Gasteiger partial charge in [0.2, 0.25) is 5.82 Å². The number of nitrogens with zero attached hydrogens (tertiary/aromatic N) is 5. The second kappa shape index (κ2) is 4.46. The molecular weight excluding hydrogens is 263 g/mol. The molecule has 0 aliphatic heterocycles. The third-order valence-corrected chi connectivity index (χ3v) is 2.21. The number of hydrogen-bond donors (Lipinski definition) is 2. The first kappa shape index (κ1) is 13.2. The Kier molecular flexibility index (Phi) is 3.10. The summed E-state index contributed by atoms with van der Waals surface area (Å²) in [6, 6.07) is 1.25. The second-order valence-corrected chi connectivity index (χ2v) is 3.70. The molecular formula is C9H10F3N7. The lowest BCUT2D eigenvalue weighted by atomic mass is 10.4. The van der Waals surface area contributed by atoms with E-state index >= 15 is 0 Å². The van der Waals surface area contributed by atoms with Crippen LogP contribution >= 0.6 is 0 Å². The monoisotopic (exact) mass is 273 g/mol. The number of alkyl halides is 3. The third-order valence-electron chi connectivity index (χ3n) is 2.21. The van der Waals surface area contributed by atoms with Crippen LogP contribution in [0.3, 0.4) is 0 Å². The zero-order valence-corrected chi connectivity index (χ0v) is 10.0. The standard InChI is InChI=1S/C9H10F3N7/c1-4-14-5(2)19(18-4)7-3-6(17-13)15-8(16-7)9(10,11)12/h3H,13H2,1-2H3,(H,15,16,17). The van der Waals surface area contributed by atoms with E-state index in [1.54, 1.807) is 13.8 Å². The Bertz CT molecular complexity index is 604. The number of hydrazine groups is 1. The Morgan fingerprint density at radius 2 is 1.89 bits per heavy atom. The van der Waals surface area contributed by atoms with Gasteiger partial charge < -0.3 is 5.43 Å².